The van der Waals surface area contributed by atoms with Crippen molar-refractivity contribution in [2.75, 3.05) is 0 Å². The number of amides is 1. The van der Waals surface area contributed by atoms with E-state index in [1.165, 1.54) is 16.7 Å². The molecule has 0 fully saturated rings. The second-order valence-corrected chi connectivity index (χ2v) is 10.7. The molecule has 1 amide bonds. The van der Waals surface area contributed by atoms with E-state index in [-0.39, 0.29) is 5.91 Å². The molecule has 5 rings (SSSR count). The van der Waals surface area contributed by atoms with Gasteiger partial charge in [-0.1, -0.05) is 120 Å². The minimum absolute atomic E-state index is 0.183. The van der Waals surface area contributed by atoms with Crippen molar-refractivity contribution in [2.24, 2.45) is 0 Å². The number of rotatable bonds is 10. The molecule has 0 saturated carbocycles. The van der Waals surface area contributed by atoms with Crippen LogP contribution in [0.15, 0.2) is 120 Å². The van der Waals surface area contributed by atoms with Crippen LogP contribution < -0.4 is 5.32 Å². The number of benzene rings is 4. The molecule has 0 aliphatic rings. The summed E-state index contributed by atoms with van der Waals surface area (Å²) in [7, 11) is 0. The van der Waals surface area contributed by atoms with E-state index < -0.39 is 6.04 Å². The number of hydrogen-bond acceptors (Lipinski definition) is 4. The lowest BCUT2D eigenvalue weighted by atomic mass is 10.0. The summed E-state index contributed by atoms with van der Waals surface area (Å²) in [5.41, 5.74) is 6.66. The quantitative estimate of drug-likeness (QED) is 0.148. The molecule has 200 valence electrons. The third-order valence-corrected chi connectivity index (χ3v) is 7.54. The molecule has 1 aromatic heterocycles. The van der Waals surface area contributed by atoms with Crippen LogP contribution in [0.25, 0.3) is 11.8 Å². The summed E-state index contributed by atoms with van der Waals surface area (Å²) in [5.74, 6) is 1.28. The van der Waals surface area contributed by atoms with Crippen LogP contribution >= 0.6 is 11.8 Å². The second-order valence-electron chi connectivity index (χ2n) is 9.78. The highest BCUT2D eigenvalue weighted by Gasteiger charge is 2.24. The number of nitrogens with one attached hydrogen (secondary N) is 1. The van der Waals surface area contributed by atoms with Crippen LogP contribution in [0.4, 0.5) is 0 Å². The molecule has 0 radical (unpaired) electrons. The Kier molecular flexibility index (Phi) is 8.89. The first-order chi connectivity index (χ1) is 19.5. The number of thioether (sulfide) groups is 1. The number of aryl methyl sites for hydroxylation is 2. The van der Waals surface area contributed by atoms with Gasteiger partial charge in [0.15, 0.2) is 11.0 Å². The lowest BCUT2D eigenvalue weighted by Crippen LogP contribution is -2.30. The van der Waals surface area contributed by atoms with E-state index >= 15 is 0 Å². The molecule has 0 saturated heterocycles. The van der Waals surface area contributed by atoms with E-state index in [4.69, 9.17) is 0 Å². The van der Waals surface area contributed by atoms with Crippen molar-refractivity contribution in [3.8, 4) is 5.69 Å². The third-order valence-electron chi connectivity index (χ3n) is 6.54. The fourth-order valence-corrected chi connectivity index (χ4v) is 5.40. The largest absolute Gasteiger partial charge is 0.342 e. The first-order valence-corrected chi connectivity index (χ1v) is 14.3. The predicted molar refractivity (Wildman–Crippen MR) is 163 cm³/mol. The summed E-state index contributed by atoms with van der Waals surface area (Å²) < 4.78 is 2.08. The average Bonchev–Trinajstić information content (AvgIpc) is 3.40. The summed E-state index contributed by atoms with van der Waals surface area (Å²) in [6.45, 7) is 4.17. The first-order valence-electron chi connectivity index (χ1n) is 13.3. The van der Waals surface area contributed by atoms with E-state index in [0.717, 1.165) is 27.7 Å². The molecule has 1 heterocycles. The maximum absolute atomic E-state index is 13.2. The molecular formula is C34H32N4OS. The molecule has 5 aromatic rings. The molecular weight excluding hydrogens is 512 g/mol. The van der Waals surface area contributed by atoms with Crippen LogP contribution in [0.5, 0.6) is 0 Å². The lowest BCUT2D eigenvalue weighted by molar-refractivity contribution is -0.117. The molecule has 0 spiro atoms. The minimum Gasteiger partial charge on any atom is -0.342 e. The van der Waals surface area contributed by atoms with Gasteiger partial charge in [0.05, 0.1) is 6.04 Å². The Morgan fingerprint density at radius 3 is 2.25 bits per heavy atom. The Bertz CT molecular complexity index is 1580. The van der Waals surface area contributed by atoms with Crippen molar-refractivity contribution >= 4 is 23.7 Å². The zero-order chi connectivity index (χ0) is 27.7. The number of aromatic nitrogens is 3. The summed E-state index contributed by atoms with van der Waals surface area (Å²) in [5, 5.41) is 13.3. The van der Waals surface area contributed by atoms with E-state index in [0.29, 0.717) is 12.2 Å². The van der Waals surface area contributed by atoms with Crippen LogP contribution in [0, 0.1) is 13.8 Å². The topological polar surface area (TPSA) is 59.8 Å². The molecule has 6 heteroatoms. The number of carbonyl (C=O) groups excluding carboxylic acids is 1. The Hall–Kier alpha value is -4.42. The molecule has 1 atom stereocenters. The zero-order valence-electron chi connectivity index (χ0n) is 22.7. The van der Waals surface area contributed by atoms with Crippen LogP contribution in [0.3, 0.4) is 0 Å². The van der Waals surface area contributed by atoms with Gasteiger partial charge < -0.3 is 5.32 Å². The van der Waals surface area contributed by atoms with Crippen LogP contribution in [-0.4, -0.2) is 20.7 Å². The summed E-state index contributed by atoms with van der Waals surface area (Å²) in [6.07, 6.45) is 3.98. The smallest absolute Gasteiger partial charge is 0.244 e. The van der Waals surface area contributed by atoms with Gasteiger partial charge in [-0.3, -0.25) is 9.36 Å². The van der Waals surface area contributed by atoms with Crippen LogP contribution in [-0.2, 0) is 17.0 Å². The van der Waals surface area contributed by atoms with Crippen molar-refractivity contribution in [2.45, 2.75) is 37.2 Å². The molecule has 1 unspecified atom stereocenters. The second kappa shape index (κ2) is 13.1. The Balaban J connectivity index is 1.49. The SMILES string of the molecule is Cc1ccc(-n2c(SCc3cccc(C)c3)nnc2C(Cc2ccccc2)NC(=O)/C=C/c2ccccc2)cc1. The van der Waals surface area contributed by atoms with Gasteiger partial charge in [0.25, 0.3) is 0 Å². The molecule has 0 aliphatic heterocycles. The van der Waals surface area contributed by atoms with Crippen molar-refractivity contribution < 1.29 is 4.79 Å². The van der Waals surface area contributed by atoms with Gasteiger partial charge in [-0.05, 0) is 55.2 Å². The number of nitrogens with zero attached hydrogens (tertiary/aromatic N) is 3. The number of carbonyl (C=O) groups is 1. The highest BCUT2D eigenvalue weighted by molar-refractivity contribution is 7.98. The van der Waals surface area contributed by atoms with E-state index in [9.17, 15) is 4.79 Å². The van der Waals surface area contributed by atoms with Gasteiger partial charge in [-0.2, -0.15) is 0 Å². The Labute approximate surface area is 240 Å². The Morgan fingerprint density at radius 2 is 1.52 bits per heavy atom. The number of hydrogen-bond donors (Lipinski definition) is 1. The predicted octanol–water partition coefficient (Wildman–Crippen LogP) is 7.29. The van der Waals surface area contributed by atoms with Crippen LogP contribution in [0.1, 0.15) is 39.7 Å². The molecule has 1 N–H and O–H groups in total. The normalized spacial score (nSPS) is 11.9. The van der Waals surface area contributed by atoms with Crippen molar-refractivity contribution in [1.29, 1.82) is 0 Å². The summed E-state index contributed by atoms with van der Waals surface area (Å²) in [4.78, 5) is 13.2. The lowest BCUT2D eigenvalue weighted by Gasteiger charge is -2.20. The van der Waals surface area contributed by atoms with Crippen molar-refractivity contribution in [3.05, 3.63) is 149 Å². The van der Waals surface area contributed by atoms with Crippen molar-refractivity contribution in [1.82, 2.24) is 20.1 Å². The fourth-order valence-electron chi connectivity index (χ4n) is 4.50. The van der Waals surface area contributed by atoms with Gasteiger partial charge in [0.2, 0.25) is 5.91 Å². The highest BCUT2D eigenvalue weighted by atomic mass is 32.2. The molecule has 4 aromatic carbocycles. The molecule has 40 heavy (non-hydrogen) atoms. The summed E-state index contributed by atoms with van der Waals surface area (Å²) in [6, 6.07) is 36.4. The van der Waals surface area contributed by atoms with Gasteiger partial charge in [-0.15, -0.1) is 10.2 Å². The zero-order valence-corrected chi connectivity index (χ0v) is 23.5. The van der Waals surface area contributed by atoms with E-state index in [1.54, 1.807) is 17.8 Å². The van der Waals surface area contributed by atoms with E-state index in [2.05, 4.69) is 94.6 Å². The third kappa shape index (κ3) is 7.16. The molecule has 0 bridgehead atoms. The van der Waals surface area contributed by atoms with E-state index in [1.807, 2.05) is 54.6 Å². The minimum atomic E-state index is -0.391. The average molecular weight is 545 g/mol. The maximum atomic E-state index is 13.2. The highest BCUT2D eigenvalue weighted by Crippen LogP contribution is 2.29. The Morgan fingerprint density at radius 1 is 0.825 bits per heavy atom. The molecule has 5 nitrogen and oxygen atoms in total. The monoisotopic (exact) mass is 544 g/mol. The van der Waals surface area contributed by atoms with Gasteiger partial charge in [-0.25, -0.2) is 0 Å². The van der Waals surface area contributed by atoms with Crippen molar-refractivity contribution in [3.63, 3.8) is 0 Å². The summed E-state index contributed by atoms with van der Waals surface area (Å²) >= 11 is 1.64. The maximum Gasteiger partial charge on any atom is 0.244 e. The van der Waals surface area contributed by atoms with Gasteiger partial charge in [0.1, 0.15) is 0 Å². The fraction of sp³-hybridized carbons (Fsp3) is 0.147. The standard InChI is InChI=1S/C34H32N4OS/c1-25-16-19-30(20-17-25)38-33(36-37-34(38)40-24-29-15-9-10-26(2)22-29)31(23-28-13-7-4-8-14-28)35-32(39)21-18-27-11-5-3-6-12-27/h3-22,31H,23-24H2,1-2H3,(H,35,39)/b21-18+. The van der Waals surface area contributed by atoms with Gasteiger partial charge >= 0.3 is 0 Å². The van der Waals surface area contributed by atoms with Crippen LogP contribution in [0.2, 0.25) is 0 Å². The van der Waals surface area contributed by atoms with Gasteiger partial charge in [0, 0.05) is 17.5 Å². The first kappa shape index (κ1) is 27.2. The molecule has 0 aliphatic carbocycles.